The molecule has 0 fully saturated rings. The first-order valence-electron chi connectivity index (χ1n) is 9.43. The van der Waals surface area contributed by atoms with E-state index in [0.717, 1.165) is 12.1 Å². The average Bonchev–Trinajstić information content (AvgIpc) is 3.11. The van der Waals surface area contributed by atoms with Crippen molar-refractivity contribution in [2.75, 3.05) is 0 Å². The molecule has 0 bridgehead atoms. The molecule has 1 heterocycles. The molecule has 0 atom stereocenters. The van der Waals surface area contributed by atoms with Crippen molar-refractivity contribution < 1.29 is 13.0 Å². The van der Waals surface area contributed by atoms with Gasteiger partial charge in [0, 0.05) is 18.9 Å². The Morgan fingerprint density at radius 3 is 2.04 bits per heavy atom. The van der Waals surface area contributed by atoms with E-state index < -0.39 is 10.1 Å². The van der Waals surface area contributed by atoms with Crippen molar-refractivity contribution >= 4 is 10.1 Å². The Morgan fingerprint density at radius 2 is 1.54 bits per heavy atom. The zero-order valence-corrected chi connectivity index (χ0v) is 16.8. The first-order valence-corrected chi connectivity index (χ1v) is 10.9. The maximum atomic E-state index is 10.5. The van der Waals surface area contributed by atoms with Gasteiger partial charge in [0.15, 0.2) is 0 Å². The van der Waals surface area contributed by atoms with E-state index in [4.69, 9.17) is 4.55 Å². The van der Waals surface area contributed by atoms with Gasteiger partial charge in [0.05, 0.1) is 11.2 Å². The number of rotatable bonds is 10. The molecule has 0 saturated heterocycles. The Kier molecular flexibility index (Phi) is 10.9. The molecule has 1 N–H and O–H groups in total. The maximum absolute atomic E-state index is 10.5. The van der Waals surface area contributed by atoms with Crippen LogP contribution in [0.4, 0.5) is 0 Å². The van der Waals surface area contributed by atoms with Gasteiger partial charge in [0.2, 0.25) is 0 Å². The Balaban J connectivity index is 0.000000273. The highest BCUT2D eigenvalue weighted by atomic mass is 32.2. The van der Waals surface area contributed by atoms with Crippen molar-refractivity contribution in [1.82, 2.24) is 9.55 Å². The molecule has 0 aliphatic heterocycles. The number of nitrogens with zero attached hydrogens (tertiary/aromatic N) is 2. The molecule has 1 aromatic carbocycles. The van der Waals surface area contributed by atoms with E-state index in [9.17, 15) is 8.42 Å². The summed E-state index contributed by atoms with van der Waals surface area (Å²) in [6, 6.07) is 5.99. The highest BCUT2D eigenvalue weighted by molar-refractivity contribution is 7.85. The second-order valence-corrected chi connectivity index (χ2v) is 7.99. The topological polar surface area (TPSA) is 72.2 Å². The molecule has 0 radical (unpaired) electrons. The van der Waals surface area contributed by atoms with Crippen molar-refractivity contribution in [3.05, 3.63) is 48.5 Å². The molecule has 0 saturated carbocycles. The number of aryl methyl sites for hydroxylation is 2. The number of benzene rings is 1. The lowest BCUT2D eigenvalue weighted by Crippen LogP contribution is -1.96. The number of unbranched alkanes of at least 4 members (excludes halogenated alkanes) is 7. The van der Waals surface area contributed by atoms with Crippen molar-refractivity contribution in [2.45, 2.75) is 76.7 Å². The lowest BCUT2D eigenvalue weighted by atomic mass is 10.1. The third kappa shape index (κ3) is 10.4. The lowest BCUT2D eigenvalue weighted by Gasteiger charge is -2.02. The monoisotopic (exact) mass is 380 g/mol. The van der Waals surface area contributed by atoms with E-state index in [1.165, 1.54) is 63.5 Å². The third-order valence-corrected chi connectivity index (χ3v) is 5.02. The van der Waals surface area contributed by atoms with Gasteiger partial charge in [0.25, 0.3) is 10.1 Å². The molecule has 0 aliphatic carbocycles. The summed E-state index contributed by atoms with van der Waals surface area (Å²) in [4.78, 5) is 3.97. The summed E-state index contributed by atoms with van der Waals surface area (Å²) in [5.74, 6) is 0. The summed E-state index contributed by atoms with van der Waals surface area (Å²) in [5, 5.41) is 0. The molecule has 146 valence electrons. The quantitative estimate of drug-likeness (QED) is 0.450. The molecule has 26 heavy (non-hydrogen) atoms. The Hall–Kier alpha value is -1.66. The summed E-state index contributed by atoms with van der Waals surface area (Å²) in [7, 11) is -4.02. The largest absolute Gasteiger partial charge is 0.337 e. The van der Waals surface area contributed by atoms with Gasteiger partial charge in [-0.3, -0.25) is 4.55 Å². The maximum Gasteiger partial charge on any atom is 0.294 e. The van der Waals surface area contributed by atoms with E-state index in [1.54, 1.807) is 12.1 Å². The van der Waals surface area contributed by atoms with Gasteiger partial charge >= 0.3 is 0 Å². The van der Waals surface area contributed by atoms with E-state index in [-0.39, 0.29) is 4.90 Å². The van der Waals surface area contributed by atoms with Gasteiger partial charge < -0.3 is 4.57 Å². The number of imidazole rings is 1. The molecule has 1 aromatic heterocycles. The summed E-state index contributed by atoms with van der Waals surface area (Å²) < 4.78 is 31.7. The van der Waals surface area contributed by atoms with Gasteiger partial charge in [-0.05, 0) is 25.5 Å². The minimum Gasteiger partial charge on any atom is -0.337 e. The Morgan fingerprint density at radius 1 is 0.962 bits per heavy atom. The van der Waals surface area contributed by atoms with Crippen LogP contribution in [0.3, 0.4) is 0 Å². The number of hydrogen-bond acceptors (Lipinski definition) is 3. The van der Waals surface area contributed by atoms with Gasteiger partial charge in [0.1, 0.15) is 0 Å². The minimum atomic E-state index is -4.02. The van der Waals surface area contributed by atoms with E-state index in [2.05, 4.69) is 16.5 Å². The second-order valence-electron chi connectivity index (χ2n) is 6.56. The van der Waals surface area contributed by atoms with Crippen LogP contribution < -0.4 is 0 Å². The minimum absolute atomic E-state index is 0.0666. The van der Waals surface area contributed by atoms with E-state index >= 15 is 0 Å². The molecule has 5 nitrogen and oxygen atoms in total. The van der Waals surface area contributed by atoms with Gasteiger partial charge in [-0.25, -0.2) is 4.98 Å². The molecule has 0 aliphatic rings. The average molecular weight is 381 g/mol. The Labute approximate surface area is 158 Å². The van der Waals surface area contributed by atoms with Crippen LogP contribution in [-0.2, 0) is 16.7 Å². The first kappa shape index (κ1) is 22.4. The summed E-state index contributed by atoms with van der Waals surface area (Å²) in [6.45, 7) is 5.24. The predicted molar refractivity (Wildman–Crippen MR) is 106 cm³/mol. The Bertz CT molecular complexity index is 680. The molecule has 0 spiro atoms. The van der Waals surface area contributed by atoms with Crippen molar-refractivity contribution in [2.24, 2.45) is 0 Å². The zero-order valence-electron chi connectivity index (χ0n) is 16.0. The van der Waals surface area contributed by atoms with Crippen molar-refractivity contribution in [3.63, 3.8) is 0 Å². The van der Waals surface area contributed by atoms with E-state index in [0.29, 0.717) is 0 Å². The van der Waals surface area contributed by atoms with Crippen LogP contribution in [0, 0.1) is 6.92 Å². The van der Waals surface area contributed by atoms with Crippen molar-refractivity contribution in [1.29, 1.82) is 0 Å². The summed E-state index contributed by atoms with van der Waals surface area (Å²) in [5.41, 5.74) is 0.956. The summed E-state index contributed by atoms with van der Waals surface area (Å²) >= 11 is 0. The zero-order chi connectivity index (χ0) is 19.3. The molecule has 2 aromatic rings. The van der Waals surface area contributed by atoms with Gasteiger partial charge in [-0.15, -0.1) is 0 Å². The van der Waals surface area contributed by atoms with Gasteiger partial charge in [-0.2, -0.15) is 8.42 Å². The smallest absolute Gasteiger partial charge is 0.294 e. The molecular formula is C20H32N2O3S. The molecule has 6 heteroatoms. The molecule has 2 rings (SSSR count). The van der Waals surface area contributed by atoms with Crippen LogP contribution in [-0.4, -0.2) is 22.5 Å². The second kappa shape index (κ2) is 12.7. The molecule has 0 unspecified atom stereocenters. The van der Waals surface area contributed by atoms with Crippen molar-refractivity contribution in [3.8, 4) is 0 Å². The molecule has 0 amide bonds. The fraction of sp³-hybridized carbons (Fsp3) is 0.550. The summed E-state index contributed by atoms with van der Waals surface area (Å²) in [6.07, 6.45) is 16.9. The van der Waals surface area contributed by atoms with Crippen LogP contribution in [0.25, 0.3) is 0 Å². The van der Waals surface area contributed by atoms with Crippen LogP contribution in [0.5, 0.6) is 0 Å². The van der Waals surface area contributed by atoms with Gasteiger partial charge in [-0.1, -0.05) is 69.6 Å². The van der Waals surface area contributed by atoms with Crippen LogP contribution >= 0.6 is 0 Å². The predicted octanol–water partition coefficient (Wildman–Crippen LogP) is 5.27. The fourth-order valence-electron chi connectivity index (χ4n) is 2.56. The normalized spacial score (nSPS) is 11.0. The first-order chi connectivity index (χ1) is 12.4. The third-order valence-electron chi connectivity index (χ3n) is 4.15. The standard InChI is InChI=1S/C13H24N2.C7H8O3S/c1-2-3-4-5-6-7-8-9-11-15-12-10-14-13-15;1-6-2-4-7(5-3-6)11(8,9)10/h10,12-13H,2-9,11H2,1H3;2-5H,1H3,(H,8,9,10). The SMILES string of the molecule is CCCCCCCCCCn1ccnc1.Cc1ccc(S(=O)(=O)O)cc1. The highest BCUT2D eigenvalue weighted by Gasteiger charge is 2.06. The number of hydrogen-bond donors (Lipinski definition) is 1. The highest BCUT2D eigenvalue weighted by Crippen LogP contribution is 2.09. The van der Waals surface area contributed by atoms with Crippen LogP contribution in [0.1, 0.15) is 63.9 Å². The lowest BCUT2D eigenvalue weighted by molar-refractivity contribution is 0.483. The van der Waals surface area contributed by atoms with E-state index in [1.807, 2.05) is 25.6 Å². The number of aromatic nitrogens is 2. The molecular weight excluding hydrogens is 348 g/mol. The van der Waals surface area contributed by atoms with Crippen LogP contribution in [0.15, 0.2) is 47.9 Å². The van der Waals surface area contributed by atoms with Crippen LogP contribution in [0.2, 0.25) is 0 Å². The fourth-order valence-corrected chi connectivity index (χ4v) is 3.04.